The zero-order valence-corrected chi connectivity index (χ0v) is 21.5. The number of aliphatic imine (C=N–C) groups is 1. The van der Waals surface area contributed by atoms with Gasteiger partial charge in [-0.3, -0.25) is 4.79 Å². The molecule has 6 heteroatoms. The Morgan fingerprint density at radius 3 is 2.60 bits per heavy atom. The molecule has 2 aromatic carbocycles. The number of aryl methyl sites for hydroxylation is 2. The molecule has 1 amide bonds. The van der Waals surface area contributed by atoms with Crippen molar-refractivity contribution in [2.24, 2.45) is 4.99 Å². The number of amides is 1. The van der Waals surface area contributed by atoms with E-state index < -0.39 is 0 Å². The van der Waals surface area contributed by atoms with E-state index in [4.69, 9.17) is 16.6 Å². The van der Waals surface area contributed by atoms with Crippen molar-refractivity contribution in [2.45, 2.75) is 46.1 Å². The molecule has 0 aliphatic heterocycles. The molecular formula is C29H28ClN3OS. The summed E-state index contributed by atoms with van der Waals surface area (Å²) < 4.78 is 2.20. The highest BCUT2D eigenvalue weighted by Gasteiger charge is 2.25. The van der Waals surface area contributed by atoms with Crippen LogP contribution in [0.2, 0.25) is 5.02 Å². The molecular weight excluding hydrogens is 474 g/mol. The van der Waals surface area contributed by atoms with Gasteiger partial charge in [0.25, 0.3) is 5.91 Å². The number of thiophene rings is 1. The minimum atomic E-state index is -0.0351. The molecule has 1 N–H and O–H groups in total. The molecule has 1 aliphatic carbocycles. The molecule has 5 rings (SSSR count). The van der Waals surface area contributed by atoms with Crippen LogP contribution in [-0.4, -0.2) is 16.7 Å². The van der Waals surface area contributed by atoms with E-state index in [-0.39, 0.29) is 5.91 Å². The number of carbonyl (C=O) groups excluding carboxylic acids is 1. The maximum atomic E-state index is 13.3. The van der Waals surface area contributed by atoms with Gasteiger partial charge in [-0.25, -0.2) is 4.99 Å². The van der Waals surface area contributed by atoms with Gasteiger partial charge in [0, 0.05) is 45.3 Å². The molecule has 0 saturated heterocycles. The zero-order valence-electron chi connectivity index (χ0n) is 20.0. The molecule has 1 aliphatic rings. The quantitative estimate of drug-likeness (QED) is 0.275. The summed E-state index contributed by atoms with van der Waals surface area (Å²) in [5.41, 5.74) is 7.36. The van der Waals surface area contributed by atoms with Crippen molar-refractivity contribution in [3.8, 4) is 5.69 Å². The van der Waals surface area contributed by atoms with Gasteiger partial charge in [-0.2, -0.15) is 0 Å². The summed E-state index contributed by atoms with van der Waals surface area (Å²) in [6, 6.07) is 20.0. The molecule has 2 heterocycles. The largest absolute Gasteiger partial charge is 0.348 e. The fourth-order valence-corrected chi connectivity index (χ4v) is 6.13. The molecule has 0 bridgehead atoms. The Balaban J connectivity index is 1.45. The number of hydrogen-bond donors (Lipinski definition) is 1. The normalized spacial score (nSPS) is 13.2. The van der Waals surface area contributed by atoms with Crippen LogP contribution >= 0.6 is 22.9 Å². The molecule has 0 fully saturated rings. The average molecular weight is 502 g/mol. The predicted molar refractivity (Wildman–Crippen MR) is 146 cm³/mol. The van der Waals surface area contributed by atoms with E-state index in [1.165, 1.54) is 16.9 Å². The molecule has 178 valence electrons. The number of nitrogens with one attached hydrogen (secondary N) is 1. The summed E-state index contributed by atoms with van der Waals surface area (Å²) in [5.74, 6) is -0.0351. The van der Waals surface area contributed by atoms with Crippen molar-refractivity contribution in [1.29, 1.82) is 0 Å². The van der Waals surface area contributed by atoms with E-state index in [0.29, 0.717) is 6.54 Å². The summed E-state index contributed by atoms with van der Waals surface area (Å²) in [6.07, 6.45) is 6.16. The maximum absolute atomic E-state index is 13.3. The van der Waals surface area contributed by atoms with Crippen LogP contribution in [0.25, 0.3) is 5.69 Å². The SMILES string of the molecule is Cc1cc(C=Nc2sc3c(c2C(=O)NCc2ccccc2)CCCC3)c(C)n1-c1ccc(Cl)cc1. The Kier molecular flexibility index (Phi) is 6.89. The zero-order chi connectivity index (χ0) is 24.4. The third kappa shape index (κ3) is 4.97. The highest BCUT2D eigenvalue weighted by Crippen LogP contribution is 2.40. The third-order valence-electron chi connectivity index (χ3n) is 6.55. The second-order valence-corrected chi connectivity index (χ2v) is 10.5. The first-order valence-electron chi connectivity index (χ1n) is 12.0. The number of benzene rings is 2. The first-order valence-corrected chi connectivity index (χ1v) is 13.2. The Labute approximate surface area is 215 Å². The van der Waals surface area contributed by atoms with Crippen molar-refractivity contribution >= 4 is 40.1 Å². The monoisotopic (exact) mass is 501 g/mol. The van der Waals surface area contributed by atoms with Crippen molar-refractivity contribution in [3.05, 3.63) is 104 Å². The second kappa shape index (κ2) is 10.2. The number of rotatable bonds is 6. The van der Waals surface area contributed by atoms with Gasteiger partial charge in [0.1, 0.15) is 5.00 Å². The topological polar surface area (TPSA) is 46.4 Å². The standard InChI is InChI=1S/C29H28ClN3OS/c1-19-16-22(20(2)33(19)24-14-12-23(30)13-15-24)18-32-29-27(25-10-6-7-11-26(25)35-29)28(34)31-17-21-8-4-3-5-9-21/h3-5,8-9,12-16,18H,6-7,10-11,17H2,1-2H3,(H,31,34). The van der Waals surface area contributed by atoms with Crippen molar-refractivity contribution in [2.75, 3.05) is 0 Å². The van der Waals surface area contributed by atoms with Gasteiger partial charge in [-0.1, -0.05) is 41.9 Å². The number of nitrogens with zero attached hydrogens (tertiary/aromatic N) is 2. The molecule has 4 aromatic rings. The van der Waals surface area contributed by atoms with E-state index in [1.807, 2.05) is 60.8 Å². The lowest BCUT2D eigenvalue weighted by molar-refractivity contribution is 0.0951. The minimum absolute atomic E-state index is 0.0351. The number of fused-ring (bicyclic) bond motifs is 1. The van der Waals surface area contributed by atoms with Crippen molar-refractivity contribution in [3.63, 3.8) is 0 Å². The number of aromatic nitrogens is 1. The fourth-order valence-electron chi connectivity index (χ4n) is 4.78. The van der Waals surface area contributed by atoms with Gasteiger partial charge < -0.3 is 9.88 Å². The highest BCUT2D eigenvalue weighted by molar-refractivity contribution is 7.16. The van der Waals surface area contributed by atoms with Gasteiger partial charge in [-0.15, -0.1) is 11.3 Å². The summed E-state index contributed by atoms with van der Waals surface area (Å²) in [6.45, 7) is 4.69. The molecule has 0 atom stereocenters. The lowest BCUT2D eigenvalue weighted by Crippen LogP contribution is -2.24. The Morgan fingerprint density at radius 2 is 1.83 bits per heavy atom. The van der Waals surface area contributed by atoms with Gasteiger partial charge in [0.15, 0.2) is 0 Å². The van der Waals surface area contributed by atoms with Crippen LogP contribution in [0.15, 0.2) is 65.7 Å². The second-order valence-electron chi connectivity index (χ2n) is 8.96. The molecule has 0 spiro atoms. The number of hydrogen-bond acceptors (Lipinski definition) is 3. The molecule has 0 unspecified atom stereocenters. The molecule has 35 heavy (non-hydrogen) atoms. The molecule has 0 saturated carbocycles. The number of carbonyl (C=O) groups is 1. The van der Waals surface area contributed by atoms with Crippen molar-refractivity contribution < 1.29 is 4.79 Å². The minimum Gasteiger partial charge on any atom is -0.348 e. The lowest BCUT2D eigenvalue weighted by Gasteiger charge is -2.12. The summed E-state index contributed by atoms with van der Waals surface area (Å²) in [4.78, 5) is 19.5. The smallest absolute Gasteiger partial charge is 0.254 e. The first-order chi connectivity index (χ1) is 17.0. The summed E-state index contributed by atoms with van der Waals surface area (Å²) in [7, 11) is 0. The van der Waals surface area contributed by atoms with Crippen molar-refractivity contribution in [1.82, 2.24) is 9.88 Å². The predicted octanol–water partition coefficient (Wildman–Crippen LogP) is 7.37. The van der Waals surface area contributed by atoms with Crippen LogP contribution in [0.1, 0.15) is 56.2 Å². The van der Waals surface area contributed by atoms with Gasteiger partial charge in [-0.05, 0) is 81.0 Å². The maximum Gasteiger partial charge on any atom is 0.254 e. The van der Waals surface area contributed by atoms with Gasteiger partial charge in [0.05, 0.1) is 5.56 Å². The van der Waals surface area contributed by atoms with E-state index in [0.717, 1.165) is 63.1 Å². The van der Waals surface area contributed by atoms with Crippen LogP contribution in [-0.2, 0) is 19.4 Å². The van der Waals surface area contributed by atoms with Crippen LogP contribution in [0.5, 0.6) is 0 Å². The van der Waals surface area contributed by atoms with Crippen LogP contribution in [0.3, 0.4) is 0 Å². The average Bonchev–Trinajstić information content (AvgIpc) is 3.38. The highest BCUT2D eigenvalue weighted by atomic mass is 35.5. The Hall–Kier alpha value is -3.15. The van der Waals surface area contributed by atoms with Crippen LogP contribution < -0.4 is 5.32 Å². The molecule has 4 nitrogen and oxygen atoms in total. The number of halogens is 1. The van der Waals surface area contributed by atoms with E-state index in [2.05, 4.69) is 29.8 Å². The fraction of sp³-hybridized carbons (Fsp3) is 0.241. The Bertz CT molecular complexity index is 1380. The van der Waals surface area contributed by atoms with E-state index >= 15 is 0 Å². The molecule has 0 radical (unpaired) electrons. The van der Waals surface area contributed by atoms with E-state index in [1.54, 1.807) is 11.3 Å². The third-order valence-corrected chi connectivity index (χ3v) is 8.00. The first kappa shape index (κ1) is 23.6. The summed E-state index contributed by atoms with van der Waals surface area (Å²) >= 11 is 7.75. The lowest BCUT2D eigenvalue weighted by atomic mass is 9.95. The molecule has 2 aromatic heterocycles. The Morgan fingerprint density at radius 1 is 1.09 bits per heavy atom. The van der Waals surface area contributed by atoms with Crippen LogP contribution in [0.4, 0.5) is 5.00 Å². The van der Waals surface area contributed by atoms with Crippen LogP contribution in [0, 0.1) is 13.8 Å². The van der Waals surface area contributed by atoms with Gasteiger partial charge in [0.2, 0.25) is 0 Å². The van der Waals surface area contributed by atoms with E-state index in [9.17, 15) is 4.79 Å². The van der Waals surface area contributed by atoms with Gasteiger partial charge >= 0.3 is 0 Å². The summed E-state index contributed by atoms with van der Waals surface area (Å²) in [5, 5.41) is 4.64.